The maximum Gasteiger partial charge on any atom is 0.321 e. The Bertz CT molecular complexity index is 634. The minimum Gasteiger partial charge on any atom is -0.321 e. The van der Waals surface area contributed by atoms with E-state index in [1.165, 1.54) is 12.0 Å². The van der Waals surface area contributed by atoms with Crippen molar-refractivity contribution in [1.82, 2.24) is 10.2 Å². The Hall–Kier alpha value is -1.77. The Morgan fingerprint density at radius 2 is 2.00 bits per heavy atom. The number of carbonyl (C=O) groups excluding carboxylic acids is 1. The van der Waals surface area contributed by atoms with Gasteiger partial charge in [-0.15, -0.1) is 0 Å². The number of hydrogen-bond donors (Lipinski definition) is 1. The number of nitrogens with one attached hydrogen (secondary N) is 1. The van der Waals surface area contributed by atoms with Gasteiger partial charge in [0, 0.05) is 18.8 Å². The third-order valence-electron chi connectivity index (χ3n) is 5.33. The average Bonchev–Trinajstić information content (AvgIpc) is 2.70. The number of likely N-dealkylation sites (tertiary alicyclic amines) is 1. The topological polar surface area (TPSA) is 32.3 Å². The first-order valence-electron chi connectivity index (χ1n) is 8.57. The van der Waals surface area contributed by atoms with Gasteiger partial charge in [-0.25, -0.2) is 4.79 Å². The number of nitrogens with zero attached hydrogens (tertiary/aromatic N) is 1. The van der Waals surface area contributed by atoms with E-state index < -0.39 is 0 Å². The Morgan fingerprint density at radius 1 is 1.26 bits per heavy atom. The predicted molar refractivity (Wildman–Crippen MR) is 95.0 cm³/mol. The number of aryl methyl sites for hydroxylation is 1. The maximum absolute atomic E-state index is 12.6. The van der Waals surface area contributed by atoms with Crippen molar-refractivity contribution >= 4 is 12.1 Å². The maximum atomic E-state index is 12.6. The lowest BCUT2D eigenvalue weighted by Gasteiger charge is -2.39. The zero-order valence-corrected chi connectivity index (χ0v) is 14.7. The third kappa shape index (κ3) is 3.44. The second kappa shape index (κ2) is 5.70. The van der Waals surface area contributed by atoms with Gasteiger partial charge in [0.1, 0.15) is 0 Å². The van der Waals surface area contributed by atoms with Crippen LogP contribution in [0.2, 0.25) is 0 Å². The molecule has 0 spiro atoms. The molecule has 2 amide bonds. The summed E-state index contributed by atoms with van der Waals surface area (Å²) in [5.74, 6) is 0. The van der Waals surface area contributed by atoms with Crippen LogP contribution in [0.15, 0.2) is 30.5 Å². The Balaban J connectivity index is 1.65. The van der Waals surface area contributed by atoms with Crippen molar-refractivity contribution < 1.29 is 4.79 Å². The van der Waals surface area contributed by atoms with Crippen LogP contribution in [0, 0.1) is 17.8 Å². The summed E-state index contributed by atoms with van der Waals surface area (Å²) in [5.41, 5.74) is 2.97. The molecule has 2 unspecified atom stereocenters. The number of hydrogen-bond acceptors (Lipinski definition) is 1. The summed E-state index contributed by atoms with van der Waals surface area (Å²) < 4.78 is 0. The van der Waals surface area contributed by atoms with Crippen molar-refractivity contribution in [3.05, 3.63) is 41.6 Å². The highest BCUT2D eigenvalue weighted by Gasteiger charge is 2.50. The Morgan fingerprint density at radius 3 is 2.74 bits per heavy atom. The van der Waals surface area contributed by atoms with E-state index in [2.05, 4.69) is 50.0 Å². The monoisotopic (exact) mass is 312 g/mol. The normalized spacial score (nSPS) is 29.0. The van der Waals surface area contributed by atoms with Gasteiger partial charge in [-0.2, -0.15) is 0 Å². The van der Waals surface area contributed by atoms with E-state index in [4.69, 9.17) is 0 Å². The molecule has 124 valence electrons. The van der Waals surface area contributed by atoms with Gasteiger partial charge in [0.2, 0.25) is 0 Å². The molecule has 2 fully saturated rings. The van der Waals surface area contributed by atoms with Crippen LogP contribution < -0.4 is 5.32 Å². The average molecular weight is 312 g/mol. The molecular weight excluding hydrogens is 284 g/mol. The predicted octanol–water partition coefficient (Wildman–Crippen LogP) is 4.58. The summed E-state index contributed by atoms with van der Waals surface area (Å²) in [6.07, 6.45) is 7.21. The lowest BCUT2D eigenvalue weighted by Crippen LogP contribution is -2.41. The van der Waals surface area contributed by atoms with E-state index in [1.54, 1.807) is 6.20 Å². The standard InChI is InChI=1S/C20H28N2O/c1-15-7-5-6-8-16(15)9-10-21-18(23)22-14-20(4)12-17(22)11-19(2,3)13-20/h5-10,17H,11-14H2,1-4H3,(H,21,23)/b10-9+. The number of benzene rings is 1. The first kappa shape index (κ1) is 16.1. The van der Waals surface area contributed by atoms with Crippen LogP contribution in [-0.4, -0.2) is 23.5 Å². The molecule has 1 saturated carbocycles. The highest BCUT2D eigenvalue weighted by atomic mass is 16.2. The van der Waals surface area contributed by atoms with Crippen molar-refractivity contribution in [2.24, 2.45) is 10.8 Å². The lowest BCUT2D eigenvalue weighted by atomic mass is 9.65. The summed E-state index contributed by atoms with van der Waals surface area (Å²) in [5, 5.41) is 2.96. The molecule has 1 aromatic carbocycles. The van der Waals surface area contributed by atoms with E-state index in [9.17, 15) is 4.79 Å². The fourth-order valence-corrected chi connectivity index (χ4v) is 4.76. The number of carbonyl (C=O) groups is 1. The van der Waals surface area contributed by atoms with Gasteiger partial charge in [0.05, 0.1) is 0 Å². The van der Waals surface area contributed by atoms with E-state index >= 15 is 0 Å². The molecule has 1 aliphatic carbocycles. The molecule has 1 N–H and O–H groups in total. The second-order valence-corrected chi connectivity index (χ2v) is 8.48. The minimum atomic E-state index is 0.0428. The first-order valence-corrected chi connectivity index (χ1v) is 8.57. The molecule has 1 heterocycles. The summed E-state index contributed by atoms with van der Waals surface area (Å²) in [6.45, 7) is 9.95. The molecule has 2 bridgehead atoms. The van der Waals surface area contributed by atoms with Crippen LogP contribution >= 0.6 is 0 Å². The smallest absolute Gasteiger partial charge is 0.321 e. The van der Waals surface area contributed by atoms with Crippen LogP contribution in [0.3, 0.4) is 0 Å². The molecule has 23 heavy (non-hydrogen) atoms. The molecule has 3 rings (SSSR count). The molecule has 2 atom stereocenters. The Kier molecular flexibility index (Phi) is 3.99. The van der Waals surface area contributed by atoms with Crippen LogP contribution in [0.5, 0.6) is 0 Å². The van der Waals surface area contributed by atoms with E-state index in [1.807, 2.05) is 18.2 Å². The van der Waals surface area contributed by atoms with Gasteiger partial charge in [-0.05, 0) is 54.2 Å². The summed E-state index contributed by atoms with van der Waals surface area (Å²) in [6, 6.07) is 8.61. The van der Waals surface area contributed by atoms with Gasteiger partial charge in [-0.3, -0.25) is 0 Å². The van der Waals surface area contributed by atoms with Crippen molar-refractivity contribution in [3.8, 4) is 0 Å². The van der Waals surface area contributed by atoms with Gasteiger partial charge >= 0.3 is 6.03 Å². The number of amides is 2. The van der Waals surface area contributed by atoms with Crippen LogP contribution in [0.4, 0.5) is 4.79 Å². The van der Waals surface area contributed by atoms with Crippen LogP contribution in [0.25, 0.3) is 6.08 Å². The van der Waals surface area contributed by atoms with Gasteiger partial charge in [0.25, 0.3) is 0 Å². The molecule has 3 nitrogen and oxygen atoms in total. The van der Waals surface area contributed by atoms with Crippen LogP contribution in [-0.2, 0) is 0 Å². The zero-order chi connectivity index (χ0) is 16.7. The quantitative estimate of drug-likeness (QED) is 0.852. The molecule has 1 aliphatic heterocycles. The molecule has 3 heteroatoms. The fraction of sp³-hybridized carbons (Fsp3) is 0.550. The number of urea groups is 1. The summed E-state index contributed by atoms with van der Waals surface area (Å²) in [7, 11) is 0. The van der Waals surface area contributed by atoms with Gasteiger partial charge in [0.15, 0.2) is 0 Å². The number of rotatable bonds is 2. The highest BCUT2D eigenvalue weighted by Crippen LogP contribution is 2.52. The van der Waals surface area contributed by atoms with E-state index in [-0.39, 0.29) is 11.4 Å². The van der Waals surface area contributed by atoms with Crippen molar-refractivity contribution in [2.45, 2.75) is 53.0 Å². The summed E-state index contributed by atoms with van der Waals surface area (Å²) in [4.78, 5) is 14.6. The third-order valence-corrected chi connectivity index (χ3v) is 5.33. The molecule has 1 saturated heterocycles. The van der Waals surface area contributed by atoms with Crippen LogP contribution in [0.1, 0.15) is 51.2 Å². The molecule has 0 aromatic heterocycles. The van der Waals surface area contributed by atoms with Gasteiger partial charge < -0.3 is 10.2 Å². The number of fused-ring (bicyclic) bond motifs is 2. The second-order valence-electron chi connectivity index (χ2n) is 8.48. The molecular formula is C20H28N2O. The van der Waals surface area contributed by atoms with E-state index in [0.717, 1.165) is 24.9 Å². The van der Waals surface area contributed by atoms with Crippen molar-refractivity contribution in [3.63, 3.8) is 0 Å². The molecule has 1 aromatic rings. The minimum absolute atomic E-state index is 0.0428. The molecule has 2 aliphatic rings. The van der Waals surface area contributed by atoms with Crippen molar-refractivity contribution in [2.75, 3.05) is 6.54 Å². The first-order chi connectivity index (χ1) is 10.8. The SMILES string of the molecule is Cc1ccccc1/C=C/NC(=O)N1CC2(C)CC1CC(C)(C)C2. The Labute approximate surface area is 139 Å². The fourth-order valence-electron chi connectivity index (χ4n) is 4.76. The van der Waals surface area contributed by atoms with Gasteiger partial charge in [-0.1, -0.05) is 45.0 Å². The highest BCUT2D eigenvalue weighted by molar-refractivity contribution is 5.77. The van der Waals surface area contributed by atoms with E-state index in [0.29, 0.717) is 11.5 Å². The summed E-state index contributed by atoms with van der Waals surface area (Å²) >= 11 is 0. The van der Waals surface area contributed by atoms with Crippen molar-refractivity contribution in [1.29, 1.82) is 0 Å². The molecule has 0 radical (unpaired) electrons. The largest absolute Gasteiger partial charge is 0.321 e. The zero-order valence-electron chi connectivity index (χ0n) is 14.7. The lowest BCUT2D eigenvalue weighted by molar-refractivity contribution is 0.129.